The highest BCUT2D eigenvalue weighted by Crippen LogP contribution is 2.06. The summed E-state index contributed by atoms with van der Waals surface area (Å²) < 4.78 is 5.30. The van der Waals surface area contributed by atoms with Gasteiger partial charge in [-0.15, -0.1) is 0 Å². The van der Waals surface area contributed by atoms with E-state index in [-0.39, 0.29) is 12.5 Å². The summed E-state index contributed by atoms with van der Waals surface area (Å²) in [5, 5.41) is 3.01. The number of rotatable bonds is 4. The normalized spacial score (nSPS) is 10.9. The topological polar surface area (TPSA) is 38.3 Å². The third-order valence-electron chi connectivity index (χ3n) is 1.63. The maximum Gasteiger partial charge on any atom is 0.312 e. The van der Waals surface area contributed by atoms with E-state index in [9.17, 15) is 4.79 Å². The van der Waals surface area contributed by atoms with Gasteiger partial charge in [0.2, 0.25) is 8.32 Å². The molecule has 1 aromatic rings. The van der Waals surface area contributed by atoms with Crippen LogP contribution in [-0.2, 0) is 9.22 Å². The molecule has 0 saturated carbocycles. The number of carbonyl (C=O) groups excluding carboxylic acids is 1. The molecule has 0 heterocycles. The van der Waals surface area contributed by atoms with Gasteiger partial charge in [0.1, 0.15) is 6.54 Å². The molecule has 82 valence electrons. The van der Waals surface area contributed by atoms with Gasteiger partial charge in [-0.2, -0.15) is 0 Å². The molecule has 0 fully saturated rings. The molecule has 0 aliphatic carbocycles. The Kier molecular flexibility index (Phi) is 3.91. The number of benzene rings is 1. The molecule has 1 aromatic carbocycles. The summed E-state index contributed by atoms with van der Waals surface area (Å²) in [6.07, 6.45) is 0. The Morgan fingerprint density at radius 2 is 1.87 bits per heavy atom. The molecule has 15 heavy (non-hydrogen) atoms. The maximum absolute atomic E-state index is 11.4. The average molecular weight is 223 g/mol. The van der Waals surface area contributed by atoms with Crippen LogP contribution in [0.25, 0.3) is 0 Å². The highest BCUT2D eigenvalue weighted by Gasteiger charge is 2.19. The van der Waals surface area contributed by atoms with Crippen LogP contribution in [-0.4, -0.2) is 20.8 Å². The fraction of sp³-hybridized carbons (Fsp3) is 0.364. The van der Waals surface area contributed by atoms with Gasteiger partial charge in [0, 0.05) is 5.69 Å². The summed E-state index contributed by atoms with van der Waals surface area (Å²) in [6.45, 7) is 6.21. The van der Waals surface area contributed by atoms with Gasteiger partial charge in [0.25, 0.3) is 0 Å². The second-order valence-electron chi connectivity index (χ2n) is 4.31. The van der Waals surface area contributed by atoms with Gasteiger partial charge in [0.05, 0.1) is 0 Å². The van der Waals surface area contributed by atoms with Crippen LogP contribution in [0.4, 0.5) is 5.69 Å². The van der Waals surface area contributed by atoms with Crippen molar-refractivity contribution in [1.82, 2.24) is 0 Å². The Bertz CT molecular complexity index is 319. The summed E-state index contributed by atoms with van der Waals surface area (Å²) >= 11 is 0. The van der Waals surface area contributed by atoms with E-state index in [1.54, 1.807) is 0 Å². The molecule has 0 spiro atoms. The molecule has 0 atom stereocenters. The molecule has 4 heteroatoms. The first-order valence-electron chi connectivity index (χ1n) is 4.98. The largest absolute Gasteiger partial charge is 0.519 e. The molecule has 0 radical (unpaired) electrons. The van der Waals surface area contributed by atoms with Crippen LogP contribution in [0, 0.1) is 0 Å². The third-order valence-corrected chi connectivity index (χ3v) is 2.47. The molecular formula is C11H17NO2Si. The van der Waals surface area contributed by atoms with Gasteiger partial charge in [-0.25, -0.2) is 0 Å². The van der Waals surface area contributed by atoms with Crippen molar-refractivity contribution in [3.8, 4) is 0 Å². The van der Waals surface area contributed by atoms with Gasteiger partial charge in [0.15, 0.2) is 0 Å². The third kappa shape index (κ3) is 5.22. The lowest BCUT2D eigenvalue weighted by atomic mass is 10.3. The minimum Gasteiger partial charge on any atom is -0.519 e. The van der Waals surface area contributed by atoms with E-state index in [4.69, 9.17) is 4.43 Å². The van der Waals surface area contributed by atoms with E-state index in [1.165, 1.54) is 0 Å². The fourth-order valence-electron chi connectivity index (χ4n) is 1.11. The number of carbonyl (C=O) groups is 1. The number of hydrogen-bond acceptors (Lipinski definition) is 3. The number of anilines is 1. The van der Waals surface area contributed by atoms with Crippen LogP contribution in [0.15, 0.2) is 30.3 Å². The lowest BCUT2D eigenvalue weighted by Gasteiger charge is -2.17. The summed E-state index contributed by atoms with van der Waals surface area (Å²) in [4.78, 5) is 11.4. The van der Waals surface area contributed by atoms with Crippen molar-refractivity contribution in [3.05, 3.63) is 30.3 Å². The van der Waals surface area contributed by atoms with E-state index >= 15 is 0 Å². The molecule has 0 aliphatic rings. The molecule has 0 amide bonds. The van der Waals surface area contributed by atoms with Gasteiger partial charge >= 0.3 is 5.97 Å². The number of hydrogen-bond donors (Lipinski definition) is 1. The minimum atomic E-state index is -1.75. The SMILES string of the molecule is C[Si](C)(C)OC(=O)CNc1ccccc1. The van der Waals surface area contributed by atoms with Crippen LogP contribution in [0.5, 0.6) is 0 Å². The summed E-state index contributed by atoms with van der Waals surface area (Å²) in [5.74, 6) is -0.182. The summed E-state index contributed by atoms with van der Waals surface area (Å²) in [6, 6.07) is 9.62. The molecule has 0 saturated heterocycles. The lowest BCUT2D eigenvalue weighted by molar-refractivity contribution is -0.133. The Hall–Kier alpha value is -1.29. The Morgan fingerprint density at radius 3 is 2.40 bits per heavy atom. The highest BCUT2D eigenvalue weighted by atomic mass is 28.4. The molecule has 0 aromatic heterocycles. The zero-order valence-corrected chi connectivity index (χ0v) is 10.4. The second kappa shape index (κ2) is 4.98. The standard InChI is InChI=1S/C11H17NO2Si/c1-15(2,3)14-11(13)9-12-10-7-5-4-6-8-10/h4-8,12H,9H2,1-3H3. The smallest absolute Gasteiger partial charge is 0.312 e. The zero-order chi connectivity index (χ0) is 11.3. The predicted octanol–water partition coefficient (Wildman–Crippen LogP) is 2.48. The van der Waals surface area contributed by atoms with E-state index in [0.717, 1.165) is 5.69 Å². The number of para-hydroxylation sites is 1. The molecule has 0 aliphatic heterocycles. The average Bonchev–Trinajstić information content (AvgIpc) is 2.14. The van der Waals surface area contributed by atoms with Gasteiger partial charge in [-0.05, 0) is 31.8 Å². The molecule has 3 nitrogen and oxygen atoms in total. The van der Waals surface area contributed by atoms with Crippen LogP contribution >= 0.6 is 0 Å². The molecule has 0 bridgehead atoms. The van der Waals surface area contributed by atoms with E-state index < -0.39 is 8.32 Å². The van der Waals surface area contributed by atoms with E-state index in [2.05, 4.69) is 5.32 Å². The second-order valence-corrected chi connectivity index (χ2v) is 8.73. The Morgan fingerprint density at radius 1 is 1.27 bits per heavy atom. The van der Waals surface area contributed by atoms with Gasteiger partial charge in [-0.1, -0.05) is 18.2 Å². The first-order valence-corrected chi connectivity index (χ1v) is 8.39. The zero-order valence-electron chi connectivity index (χ0n) is 9.41. The van der Waals surface area contributed by atoms with Crippen molar-refractivity contribution in [1.29, 1.82) is 0 Å². The van der Waals surface area contributed by atoms with Crippen molar-refractivity contribution in [2.24, 2.45) is 0 Å². The molecule has 1 rings (SSSR count). The first-order chi connectivity index (χ1) is 6.97. The number of nitrogens with one attached hydrogen (secondary N) is 1. The monoisotopic (exact) mass is 223 g/mol. The van der Waals surface area contributed by atoms with Crippen LogP contribution < -0.4 is 5.32 Å². The minimum absolute atomic E-state index is 0.182. The van der Waals surface area contributed by atoms with Crippen molar-refractivity contribution >= 4 is 20.0 Å². The first kappa shape index (κ1) is 11.8. The molecule has 0 unspecified atom stereocenters. The van der Waals surface area contributed by atoms with Crippen molar-refractivity contribution < 1.29 is 9.22 Å². The Balaban J connectivity index is 2.35. The van der Waals surface area contributed by atoms with Crippen LogP contribution in [0.3, 0.4) is 0 Å². The molecule has 1 N–H and O–H groups in total. The Labute approximate surface area is 91.6 Å². The summed E-state index contributed by atoms with van der Waals surface area (Å²) in [5.41, 5.74) is 0.935. The quantitative estimate of drug-likeness (QED) is 0.797. The predicted molar refractivity (Wildman–Crippen MR) is 64.4 cm³/mol. The van der Waals surface area contributed by atoms with Crippen LogP contribution in [0.1, 0.15) is 0 Å². The van der Waals surface area contributed by atoms with Crippen LogP contribution in [0.2, 0.25) is 19.6 Å². The summed E-state index contributed by atoms with van der Waals surface area (Å²) in [7, 11) is -1.75. The van der Waals surface area contributed by atoms with Gasteiger partial charge in [-0.3, -0.25) is 4.79 Å². The molecular weight excluding hydrogens is 206 g/mol. The van der Waals surface area contributed by atoms with Gasteiger partial charge < -0.3 is 9.74 Å². The fourth-order valence-corrected chi connectivity index (χ4v) is 1.86. The van der Waals surface area contributed by atoms with Crippen molar-refractivity contribution in [3.63, 3.8) is 0 Å². The highest BCUT2D eigenvalue weighted by molar-refractivity contribution is 6.71. The maximum atomic E-state index is 11.4. The van der Waals surface area contributed by atoms with E-state index in [0.29, 0.717) is 0 Å². The van der Waals surface area contributed by atoms with Crippen molar-refractivity contribution in [2.75, 3.05) is 11.9 Å². The van der Waals surface area contributed by atoms with Crippen molar-refractivity contribution in [2.45, 2.75) is 19.6 Å². The van der Waals surface area contributed by atoms with E-state index in [1.807, 2.05) is 50.0 Å². The lowest BCUT2D eigenvalue weighted by Crippen LogP contribution is -2.32.